The van der Waals surface area contributed by atoms with E-state index in [9.17, 15) is 44.8 Å². The standard InChI is InChI=1S/C19H21F5O9S/c20-18(21,22)17(19(23,24)34(28,29)30)33-16(27)11-9-6-8-10(11)15(26)32-13(8)12(9)31-14(25)7-4-2-1-3-5-7/h7-13,17H,1-6H2,(H,28,29,30). The van der Waals surface area contributed by atoms with Crippen LogP contribution in [0.2, 0.25) is 0 Å². The fraction of sp³-hybridized carbons (Fsp3) is 0.842. The Balaban J connectivity index is 1.56. The summed E-state index contributed by atoms with van der Waals surface area (Å²) >= 11 is 0. The summed E-state index contributed by atoms with van der Waals surface area (Å²) in [5, 5.41) is -5.90. The zero-order valence-electron chi connectivity index (χ0n) is 17.4. The first kappa shape index (κ1) is 25.1. The lowest BCUT2D eigenvalue weighted by Crippen LogP contribution is -2.54. The Hall–Kier alpha value is -2.03. The molecule has 1 saturated heterocycles. The number of carbonyl (C=O) groups is 3. The third kappa shape index (κ3) is 4.03. The van der Waals surface area contributed by atoms with E-state index in [0.717, 1.165) is 19.3 Å². The lowest BCUT2D eigenvalue weighted by molar-refractivity contribution is -0.262. The molecule has 0 aromatic rings. The summed E-state index contributed by atoms with van der Waals surface area (Å²) in [6.45, 7) is 0. The Labute approximate surface area is 190 Å². The molecule has 3 aliphatic carbocycles. The highest BCUT2D eigenvalue weighted by atomic mass is 32.2. The molecule has 9 nitrogen and oxygen atoms in total. The topological polar surface area (TPSA) is 133 Å². The van der Waals surface area contributed by atoms with Crippen LogP contribution in [0.15, 0.2) is 0 Å². The van der Waals surface area contributed by atoms with Crippen molar-refractivity contribution in [2.45, 2.75) is 68.3 Å². The van der Waals surface area contributed by atoms with Crippen molar-refractivity contribution < 1.29 is 63.5 Å². The van der Waals surface area contributed by atoms with Crippen LogP contribution < -0.4 is 0 Å². The molecule has 0 aromatic carbocycles. The first-order valence-corrected chi connectivity index (χ1v) is 12.1. The van der Waals surface area contributed by atoms with Gasteiger partial charge in [0.05, 0.1) is 17.8 Å². The van der Waals surface area contributed by atoms with Crippen LogP contribution in [-0.2, 0) is 38.7 Å². The molecule has 192 valence electrons. The van der Waals surface area contributed by atoms with Gasteiger partial charge in [-0.15, -0.1) is 0 Å². The Morgan fingerprint density at radius 2 is 1.65 bits per heavy atom. The lowest BCUT2D eigenvalue weighted by Gasteiger charge is -2.33. The summed E-state index contributed by atoms with van der Waals surface area (Å²) in [6, 6.07) is 0. The minimum absolute atomic E-state index is 0.0365. The number of fused-ring (bicyclic) bond motifs is 1. The molecule has 0 amide bonds. The predicted molar refractivity (Wildman–Crippen MR) is 97.3 cm³/mol. The van der Waals surface area contributed by atoms with Gasteiger partial charge in [0, 0.05) is 11.8 Å². The van der Waals surface area contributed by atoms with E-state index in [1.54, 1.807) is 0 Å². The third-order valence-electron chi connectivity index (χ3n) is 7.19. The second kappa shape index (κ2) is 8.28. The fourth-order valence-corrected chi connectivity index (χ4v) is 6.15. The van der Waals surface area contributed by atoms with Crippen LogP contribution in [0.1, 0.15) is 38.5 Å². The fourth-order valence-electron chi connectivity index (χ4n) is 5.69. The summed E-state index contributed by atoms with van der Waals surface area (Å²) < 4.78 is 112. The Morgan fingerprint density at radius 1 is 1.03 bits per heavy atom. The van der Waals surface area contributed by atoms with Gasteiger partial charge in [-0.1, -0.05) is 19.3 Å². The normalized spacial score (nSPS) is 34.6. The van der Waals surface area contributed by atoms with Gasteiger partial charge in [-0.05, 0) is 19.3 Å². The number of alkyl halides is 5. The first-order chi connectivity index (χ1) is 15.6. The van der Waals surface area contributed by atoms with Gasteiger partial charge in [0.25, 0.3) is 6.10 Å². The van der Waals surface area contributed by atoms with Crippen LogP contribution in [0.25, 0.3) is 0 Å². The number of esters is 3. The van der Waals surface area contributed by atoms with Crippen LogP contribution in [-0.4, -0.2) is 60.6 Å². The highest BCUT2D eigenvalue weighted by Gasteiger charge is 2.72. The second-order valence-electron chi connectivity index (χ2n) is 9.15. The average Bonchev–Trinajstić information content (AvgIpc) is 3.34. The number of rotatable bonds is 6. The van der Waals surface area contributed by atoms with Crippen LogP contribution in [0, 0.1) is 29.6 Å². The first-order valence-electron chi connectivity index (χ1n) is 10.7. The van der Waals surface area contributed by atoms with Crippen molar-refractivity contribution in [1.29, 1.82) is 0 Å². The third-order valence-corrected chi connectivity index (χ3v) is 8.09. The van der Waals surface area contributed by atoms with E-state index in [1.807, 2.05) is 0 Å². The summed E-state index contributed by atoms with van der Waals surface area (Å²) in [6.07, 6.45) is -8.97. The van der Waals surface area contributed by atoms with Gasteiger partial charge in [-0.25, -0.2) is 0 Å². The molecule has 4 rings (SSSR count). The number of hydrogen-bond acceptors (Lipinski definition) is 8. The van der Waals surface area contributed by atoms with E-state index in [-0.39, 0.29) is 6.42 Å². The molecule has 1 aliphatic heterocycles. The molecule has 15 heteroatoms. The maximum Gasteiger partial charge on any atom is 0.432 e. The molecular formula is C19H21F5O9S. The molecule has 3 saturated carbocycles. The molecule has 4 fully saturated rings. The Kier molecular flexibility index (Phi) is 6.10. The summed E-state index contributed by atoms with van der Waals surface area (Å²) in [4.78, 5) is 37.5. The quantitative estimate of drug-likeness (QED) is 0.242. The van der Waals surface area contributed by atoms with E-state index >= 15 is 0 Å². The molecular weight excluding hydrogens is 499 g/mol. The van der Waals surface area contributed by atoms with Crippen molar-refractivity contribution in [2.75, 3.05) is 0 Å². The molecule has 4 aliphatic rings. The molecule has 0 spiro atoms. The molecule has 2 bridgehead atoms. The molecule has 1 heterocycles. The number of carbonyl (C=O) groups excluding carboxylic acids is 3. The maximum absolute atomic E-state index is 13.8. The second-order valence-corrected chi connectivity index (χ2v) is 10.6. The largest absolute Gasteiger partial charge is 0.458 e. The summed E-state index contributed by atoms with van der Waals surface area (Å²) in [5.74, 6) is -8.68. The zero-order valence-corrected chi connectivity index (χ0v) is 18.2. The molecule has 0 aromatic heterocycles. The van der Waals surface area contributed by atoms with E-state index in [4.69, 9.17) is 14.0 Å². The van der Waals surface area contributed by atoms with E-state index < -0.39 is 87.4 Å². The van der Waals surface area contributed by atoms with Gasteiger partial charge in [-0.2, -0.15) is 30.4 Å². The van der Waals surface area contributed by atoms with Crippen molar-refractivity contribution >= 4 is 28.0 Å². The van der Waals surface area contributed by atoms with Crippen molar-refractivity contribution in [2.24, 2.45) is 29.6 Å². The Morgan fingerprint density at radius 3 is 2.21 bits per heavy atom. The molecule has 7 atom stereocenters. The molecule has 0 radical (unpaired) electrons. The van der Waals surface area contributed by atoms with Crippen molar-refractivity contribution in [1.82, 2.24) is 0 Å². The van der Waals surface area contributed by atoms with Crippen LogP contribution in [0.3, 0.4) is 0 Å². The van der Waals surface area contributed by atoms with Crippen molar-refractivity contribution in [3.63, 3.8) is 0 Å². The monoisotopic (exact) mass is 520 g/mol. The summed E-state index contributed by atoms with van der Waals surface area (Å²) in [5.41, 5.74) is 0. The average molecular weight is 520 g/mol. The molecule has 34 heavy (non-hydrogen) atoms. The van der Waals surface area contributed by atoms with Gasteiger partial charge in [-0.3, -0.25) is 18.9 Å². The van der Waals surface area contributed by atoms with Crippen molar-refractivity contribution in [3.8, 4) is 0 Å². The van der Waals surface area contributed by atoms with Crippen LogP contribution in [0.5, 0.6) is 0 Å². The van der Waals surface area contributed by atoms with Gasteiger partial charge >= 0.3 is 39.5 Å². The van der Waals surface area contributed by atoms with Crippen molar-refractivity contribution in [3.05, 3.63) is 0 Å². The zero-order chi connectivity index (χ0) is 25.2. The minimum Gasteiger partial charge on any atom is -0.458 e. The number of hydrogen-bond donors (Lipinski definition) is 1. The highest BCUT2D eigenvalue weighted by Crippen LogP contribution is 2.59. The minimum atomic E-state index is -6.62. The van der Waals surface area contributed by atoms with Crippen LogP contribution >= 0.6 is 0 Å². The Bertz CT molecular complexity index is 975. The van der Waals surface area contributed by atoms with Gasteiger partial charge in [0.15, 0.2) is 0 Å². The van der Waals surface area contributed by atoms with Crippen LogP contribution in [0.4, 0.5) is 22.0 Å². The lowest BCUT2D eigenvalue weighted by atomic mass is 9.78. The van der Waals surface area contributed by atoms with Gasteiger partial charge < -0.3 is 14.2 Å². The predicted octanol–water partition coefficient (Wildman–Crippen LogP) is 2.24. The van der Waals surface area contributed by atoms with Gasteiger partial charge in [0.1, 0.15) is 12.2 Å². The molecule has 7 unspecified atom stereocenters. The van der Waals surface area contributed by atoms with E-state index in [1.165, 1.54) is 0 Å². The number of halogens is 5. The SMILES string of the molecule is O=C(OC1C2CC3C1OC(=O)C3C2C(=O)OC(C(F)(F)F)C(F)(F)S(=O)(=O)O)C1CCCCC1. The maximum atomic E-state index is 13.8. The smallest absolute Gasteiger partial charge is 0.432 e. The summed E-state index contributed by atoms with van der Waals surface area (Å²) in [7, 11) is -6.62. The number of ether oxygens (including phenoxy) is 3. The van der Waals surface area contributed by atoms with E-state index in [0.29, 0.717) is 12.8 Å². The highest BCUT2D eigenvalue weighted by molar-refractivity contribution is 7.86. The van der Waals surface area contributed by atoms with E-state index in [2.05, 4.69) is 4.74 Å². The molecule has 1 N–H and O–H groups in total. The van der Waals surface area contributed by atoms with Gasteiger partial charge in [0.2, 0.25) is 0 Å².